The molecule has 0 heterocycles. The highest BCUT2D eigenvalue weighted by Crippen LogP contribution is 2.22. The van der Waals surface area contributed by atoms with Crippen LogP contribution in [0.5, 0.6) is 0 Å². The molecular formula is C27H39F2NO2. The van der Waals surface area contributed by atoms with Gasteiger partial charge in [0.1, 0.15) is 11.6 Å². The average molecular weight is 448 g/mol. The first-order chi connectivity index (χ1) is 15.1. The van der Waals surface area contributed by atoms with Crippen molar-refractivity contribution in [3.63, 3.8) is 0 Å². The molecule has 32 heavy (non-hydrogen) atoms. The van der Waals surface area contributed by atoms with Crippen LogP contribution in [-0.4, -0.2) is 30.4 Å². The molecule has 0 amide bonds. The molecule has 3 rings (SSSR count). The van der Waals surface area contributed by atoms with Gasteiger partial charge in [-0.25, -0.2) is 8.78 Å². The van der Waals surface area contributed by atoms with Crippen molar-refractivity contribution in [1.29, 1.82) is 0 Å². The van der Waals surface area contributed by atoms with E-state index in [2.05, 4.69) is 32.2 Å². The van der Waals surface area contributed by atoms with E-state index in [0.29, 0.717) is 24.1 Å². The maximum Gasteiger partial charge on any atom is 0.123 e. The lowest BCUT2D eigenvalue weighted by molar-refractivity contribution is 0.366. The molecule has 0 aromatic heterocycles. The maximum atomic E-state index is 12.4. The topological polar surface area (TPSA) is 52.5 Å². The molecule has 0 aliphatic heterocycles. The Kier molecular flexibility index (Phi) is 15.3. The molecule has 5 heteroatoms. The van der Waals surface area contributed by atoms with Gasteiger partial charge < -0.3 is 15.5 Å². The van der Waals surface area contributed by atoms with E-state index in [-0.39, 0.29) is 11.6 Å². The fraction of sp³-hybridized carbons (Fsp3) is 0.407. The van der Waals surface area contributed by atoms with Crippen molar-refractivity contribution in [2.45, 2.75) is 58.9 Å². The summed E-state index contributed by atoms with van der Waals surface area (Å²) < 4.78 is 24.7. The zero-order valence-corrected chi connectivity index (χ0v) is 20.3. The van der Waals surface area contributed by atoms with Crippen LogP contribution in [0.15, 0.2) is 71.3 Å². The van der Waals surface area contributed by atoms with Gasteiger partial charge in [0, 0.05) is 26.0 Å². The van der Waals surface area contributed by atoms with E-state index >= 15 is 0 Å². The lowest BCUT2D eigenvalue weighted by Crippen LogP contribution is -2.28. The number of aliphatic hydroxyl groups excluding tert-OH is 2. The second-order valence-electron chi connectivity index (χ2n) is 7.90. The third-order valence-corrected chi connectivity index (χ3v) is 5.03. The number of hydrogen-bond donors (Lipinski definition) is 3. The van der Waals surface area contributed by atoms with Crippen LogP contribution in [0.25, 0.3) is 0 Å². The van der Waals surface area contributed by atoms with Crippen molar-refractivity contribution < 1.29 is 19.0 Å². The Hall–Kier alpha value is -2.24. The van der Waals surface area contributed by atoms with Gasteiger partial charge in [-0.1, -0.05) is 44.2 Å². The van der Waals surface area contributed by atoms with E-state index in [1.807, 2.05) is 33.0 Å². The van der Waals surface area contributed by atoms with Gasteiger partial charge >= 0.3 is 0 Å². The molecule has 1 aromatic rings. The van der Waals surface area contributed by atoms with Crippen LogP contribution in [-0.2, 0) is 0 Å². The van der Waals surface area contributed by atoms with Gasteiger partial charge in [-0.05, 0) is 81.0 Å². The van der Waals surface area contributed by atoms with Crippen molar-refractivity contribution in [3.05, 3.63) is 95.5 Å². The summed E-state index contributed by atoms with van der Waals surface area (Å²) in [5, 5.41) is 19.4. The standard InChI is InChI=1S/C9H11F.C9H10F.C8H14NO.CH4O/c2*1-7(2)8-3-5-9(10)6-4-8;1-6-5-7(9-2)3-4-8(6)10;1-2/h3-7H,1-2H3;3,5-6H,1,4H2,2H3;3,7,9-10H,4-5H2,1-2H3;2H,1H3. The third-order valence-electron chi connectivity index (χ3n) is 5.03. The molecule has 178 valence electrons. The van der Waals surface area contributed by atoms with Gasteiger partial charge in [-0.15, -0.1) is 0 Å². The molecule has 3 N–H and O–H groups in total. The Bertz CT molecular complexity index is 777. The summed E-state index contributed by atoms with van der Waals surface area (Å²) in [6.45, 7) is 11.9. The van der Waals surface area contributed by atoms with Crippen LogP contribution >= 0.6 is 0 Å². The fourth-order valence-corrected chi connectivity index (χ4v) is 2.87. The Morgan fingerprint density at radius 2 is 1.72 bits per heavy atom. The molecule has 1 unspecified atom stereocenters. The molecular weight excluding hydrogens is 408 g/mol. The van der Waals surface area contributed by atoms with Crippen LogP contribution in [0.1, 0.15) is 58.4 Å². The fourth-order valence-electron chi connectivity index (χ4n) is 2.87. The van der Waals surface area contributed by atoms with Crippen LogP contribution in [0.2, 0.25) is 0 Å². The Morgan fingerprint density at radius 3 is 2.12 bits per heavy atom. The summed E-state index contributed by atoms with van der Waals surface area (Å²) in [6.07, 6.45) is 9.24. The van der Waals surface area contributed by atoms with Gasteiger partial charge in [0.25, 0.3) is 0 Å². The zero-order valence-electron chi connectivity index (χ0n) is 20.3. The molecule has 1 aromatic carbocycles. The lowest BCUT2D eigenvalue weighted by Gasteiger charge is -2.21. The minimum atomic E-state index is -0.163. The average Bonchev–Trinajstić information content (AvgIpc) is 2.78. The number of rotatable bonds is 3. The van der Waals surface area contributed by atoms with Crippen LogP contribution in [0.4, 0.5) is 8.78 Å². The van der Waals surface area contributed by atoms with Crippen molar-refractivity contribution in [2.24, 2.45) is 0 Å². The highest BCUT2D eigenvalue weighted by atomic mass is 19.1. The van der Waals surface area contributed by atoms with E-state index in [1.54, 1.807) is 12.2 Å². The maximum absolute atomic E-state index is 12.4. The number of aliphatic hydroxyl groups is 2. The molecule has 2 radical (unpaired) electrons. The Morgan fingerprint density at radius 1 is 1.12 bits per heavy atom. The minimum absolute atomic E-state index is 0.148. The van der Waals surface area contributed by atoms with Crippen LogP contribution < -0.4 is 5.32 Å². The van der Waals surface area contributed by atoms with Crippen molar-refractivity contribution in [3.8, 4) is 0 Å². The second-order valence-corrected chi connectivity index (χ2v) is 7.90. The number of hydrogen-bond acceptors (Lipinski definition) is 3. The van der Waals surface area contributed by atoms with Gasteiger partial charge in [-0.3, -0.25) is 0 Å². The molecule has 2 aliphatic carbocycles. The summed E-state index contributed by atoms with van der Waals surface area (Å²) in [5.41, 5.74) is 4.42. The molecule has 3 nitrogen and oxygen atoms in total. The van der Waals surface area contributed by atoms with E-state index < -0.39 is 0 Å². The summed E-state index contributed by atoms with van der Waals surface area (Å²) in [7, 11) is 2.94. The second kappa shape index (κ2) is 16.4. The Balaban J connectivity index is 0.000000433. The quantitative estimate of drug-likeness (QED) is 0.472. The minimum Gasteiger partial charge on any atom is -0.512 e. The highest BCUT2D eigenvalue weighted by Gasteiger charge is 2.16. The molecule has 0 saturated carbocycles. The predicted octanol–water partition coefficient (Wildman–Crippen LogP) is 6.91. The lowest BCUT2D eigenvalue weighted by atomic mass is 9.94. The van der Waals surface area contributed by atoms with E-state index in [0.717, 1.165) is 36.7 Å². The van der Waals surface area contributed by atoms with Gasteiger partial charge in [0.2, 0.25) is 0 Å². The first kappa shape index (κ1) is 29.8. The van der Waals surface area contributed by atoms with E-state index in [4.69, 9.17) is 5.11 Å². The number of nitrogens with one attached hydrogen (secondary N) is 1. The molecule has 0 fully saturated rings. The summed E-state index contributed by atoms with van der Waals surface area (Å²) in [4.78, 5) is 0. The molecule has 2 aliphatic rings. The van der Waals surface area contributed by atoms with Crippen molar-refractivity contribution in [1.82, 2.24) is 5.32 Å². The Labute approximate surface area is 193 Å². The molecule has 1 atom stereocenters. The van der Waals surface area contributed by atoms with E-state index in [1.165, 1.54) is 24.1 Å². The van der Waals surface area contributed by atoms with Crippen LogP contribution in [0.3, 0.4) is 0 Å². The number of benzene rings is 1. The smallest absolute Gasteiger partial charge is 0.123 e. The summed E-state index contributed by atoms with van der Waals surface area (Å²) >= 11 is 0. The number of allylic oxidation sites excluding steroid dienone is 6. The molecule has 0 spiro atoms. The zero-order chi connectivity index (χ0) is 24.7. The first-order valence-electron chi connectivity index (χ1n) is 10.8. The van der Waals surface area contributed by atoms with Crippen molar-refractivity contribution in [2.75, 3.05) is 14.2 Å². The molecule has 0 saturated heterocycles. The number of halogens is 2. The van der Waals surface area contributed by atoms with Crippen molar-refractivity contribution >= 4 is 0 Å². The van der Waals surface area contributed by atoms with Crippen LogP contribution in [0, 0.1) is 18.7 Å². The van der Waals surface area contributed by atoms with Gasteiger partial charge in [0.15, 0.2) is 0 Å². The predicted molar refractivity (Wildman–Crippen MR) is 131 cm³/mol. The van der Waals surface area contributed by atoms with Gasteiger partial charge in [0.05, 0.1) is 5.76 Å². The highest BCUT2D eigenvalue weighted by molar-refractivity contribution is 5.37. The normalized spacial score (nSPS) is 17.5. The monoisotopic (exact) mass is 447 g/mol. The third kappa shape index (κ3) is 12.0. The van der Waals surface area contributed by atoms with Gasteiger partial charge in [-0.2, -0.15) is 0 Å². The largest absolute Gasteiger partial charge is 0.512 e. The first-order valence-corrected chi connectivity index (χ1v) is 10.8. The van der Waals surface area contributed by atoms with E-state index in [9.17, 15) is 13.9 Å². The summed E-state index contributed by atoms with van der Waals surface area (Å²) in [5.74, 6) is 0.724. The SMILES string of the molecule is C=C(C)C1=C[CH]C(F)=CC1.CC(C)c1ccc(F)cc1.CNC1[CH]CC(O)=C(C)C1.CO. The summed E-state index contributed by atoms with van der Waals surface area (Å²) in [6, 6.07) is 7.08. The molecule has 0 bridgehead atoms.